The Kier molecular flexibility index (Phi) is 6.20. The Bertz CT molecular complexity index is 968. The lowest BCUT2D eigenvalue weighted by molar-refractivity contribution is -0.118. The van der Waals surface area contributed by atoms with Gasteiger partial charge in [0, 0.05) is 17.9 Å². The first-order chi connectivity index (χ1) is 14.2. The van der Waals surface area contributed by atoms with Gasteiger partial charge in [0.2, 0.25) is 5.91 Å². The van der Waals surface area contributed by atoms with Crippen LogP contribution in [-0.2, 0) is 24.2 Å². The average molecular weight is 408 g/mol. The molecular weight excluding hydrogens is 382 g/mol. The number of rotatable bonds is 7. The summed E-state index contributed by atoms with van der Waals surface area (Å²) < 4.78 is 7.40. The summed E-state index contributed by atoms with van der Waals surface area (Å²) in [5, 5.41) is 3.90. The van der Waals surface area contributed by atoms with Crippen LogP contribution in [0.3, 0.4) is 0 Å². The number of imidazole rings is 1. The number of aryl methyl sites for hydroxylation is 1. The molecule has 2 aromatic carbocycles. The van der Waals surface area contributed by atoms with Gasteiger partial charge in [-0.05, 0) is 55.5 Å². The van der Waals surface area contributed by atoms with E-state index in [9.17, 15) is 4.79 Å². The third-order valence-corrected chi connectivity index (χ3v) is 6.04. The Hall–Kier alpha value is -2.73. The van der Waals surface area contributed by atoms with Crippen LogP contribution in [-0.4, -0.2) is 28.3 Å². The van der Waals surface area contributed by atoms with Gasteiger partial charge in [0.1, 0.15) is 5.75 Å². The van der Waals surface area contributed by atoms with E-state index in [1.807, 2.05) is 42.5 Å². The molecule has 1 amide bonds. The molecule has 0 bridgehead atoms. The highest BCUT2D eigenvalue weighted by molar-refractivity contribution is 7.99. The predicted molar refractivity (Wildman–Crippen MR) is 116 cm³/mol. The number of para-hydroxylation sites is 1. The third kappa shape index (κ3) is 4.65. The van der Waals surface area contributed by atoms with Gasteiger partial charge in [-0.15, -0.1) is 0 Å². The maximum absolute atomic E-state index is 12.4. The second kappa shape index (κ2) is 9.18. The highest BCUT2D eigenvalue weighted by Crippen LogP contribution is 2.30. The van der Waals surface area contributed by atoms with Crippen molar-refractivity contribution in [2.45, 2.75) is 37.4 Å². The van der Waals surface area contributed by atoms with Crippen LogP contribution in [0.2, 0.25) is 0 Å². The molecule has 1 aliphatic rings. The summed E-state index contributed by atoms with van der Waals surface area (Å²) in [6, 6.07) is 18.0. The van der Waals surface area contributed by atoms with Crippen LogP contribution < -0.4 is 10.1 Å². The van der Waals surface area contributed by atoms with Crippen molar-refractivity contribution in [1.82, 2.24) is 14.9 Å². The van der Waals surface area contributed by atoms with Gasteiger partial charge in [0.05, 0.1) is 18.6 Å². The van der Waals surface area contributed by atoms with Crippen LogP contribution in [0.25, 0.3) is 5.69 Å². The van der Waals surface area contributed by atoms with Crippen LogP contribution in [0.4, 0.5) is 0 Å². The van der Waals surface area contributed by atoms with Gasteiger partial charge >= 0.3 is 0 Å². The van der Waals surface area contributed by atoms with Crippen LogP contribution in [0, 0.1) is 0 Å². The van der Waals surface area contributed by atoms with E-state index in [0.717, 1.165) is 35.0 Å². The van der Waals surface area contributed by atoms with Gasteiger partial charge in [0.25, 0.3) is 0 Å². The number of benzene rings is 2. The first kappa shape index (κ1) is 19.6. The van der Waals surface area contributed by atoms with Gasteiger partial charge in [-0.1, -0.05) is 42.1 Å². The van der Waals surface area contributed by atoms with Crippen LogP contribution in [0.1, 0.15) is 29.8 Å². The Balaban J connectivity index is 1.42. The summed E-state index contributed by atoms with van der Waals surface area (Å²) >= 11 is 1.50. The van der Waals surface area contributed by atoms with E-state index in [0.29, 0.717) is 12.3 Å². The maximum Gasteiger partial charge on any atom is 0.230 e. The molecule has 29 heavy (non-hydrogen) atoms. The molecule has 0 atom stereocenters. The standard InChI is InChI=1S/C23H25N3O2S/c1-28-19-13-11-17(12-14-19)15-24-22(27)16-29-23-25-20-9-5-6-10-21(20)26(23)18-7-3-2-4-8-18/h2-4,7-8,11-14H,5-6,9-10,15-16H2,1H3,(H,24,27). The topological polar surface area (TPSA) is 56.1 Å². The second-order valence-corrected chi connectivity index (χ2v) is 8.02. The minimum absolute atomic E-state index is 0.00593. The Morgan fingerprint density at radius 1 is 1.10 bits per heavy atom. The summed E-state index contributed by atoms with van der Waals surface area (Å²) in [6.07, 6.45) is 4.44. The van der Waals surface area contributed by atoms with Crippen molar-refractivity contribution in [3.63, 3.8) is 0 Å². The normalized spacial score (nSPS) is 13.0. The lowest BCUT2D eigenvalue weighted by Crippen LogP contribution is -2.24. The van der Waals surface area contributed by atoms with Crippen molar-refractivity contribution < 1.29 is 9.53 Å². The maximum atomic E-state index is 12.4. The zero-order chi connectivity index (χ0) is 20.1. The first-order valence-electron chi connectivity index (χ1n) is 9.93. The number of carbonyl (C=O) groups excluding carboxylic acids is 1. The summed E-state index contributed by atoms with van der Waals surface area (Å²) in [5.74, 6) is 1.16. The molecule has 1 N–H and O–H groups in total. The van der Waals surface area contributed by atoms with Crippen molar-refractivity contribution in [2.75, 3.05) is 12.9 Å². The lowest BCUT2D eigenvalue weighted by Gasteiger charge is -2.15. The molecule has 4 rings (SSSR count). The minimum Gasteiger partial charge on any atom is -0.497 e. The number of ether oxygens (including phenoxy) is 1. The molecule has 0 fully saturated rings. The molecule has 150 valence electrons. The molecule has 0 spiro atoms. The highest BCUT2D eigenvalue weighted by atomic mass is 32.2. The van der Waals surface area contributed by atoms with E-state index in [1.54, 1.807) is 7.11 Å². The number of nitrogens with one attached hydrogen (secondary N) is 1. The number of hydrogen-bond acceptors (Lipinski definition) is 4. The molecule has 1 aromatic heterocycles. The van der Waals surface area contributed by atoms with Crippen molar-refractivity contribution in [3.05, 3.63) is 71.5 Å². The summed E-state index contributed by atoms with van der Waals surface area (Å²) in [7, 11) is 1.64. The largest absolute Gasteiger partial charge is 0.497 e. The quantitative estimate of drug-likeness (QED) is 0.597. The number of fused-ring (bicyclic) bond motifs is 1. The predicted octanol–water partition coefficient (Wildman–Crippen LogP) is 4.17. The fraction of sp³-hybridized carbons (Fsp3) is 0.304. The van der Waals surface area contributed by atoms with Gasteiger partial charge in [0.15, 0.2) is 5.16 Å². The molecule has 0 saturated carbocycles. The van der Waals surface area contributed by atoms with Crippen LogP contribution >= 0.6 is 11.8 Å². The van der Waals surface area contributed by atoms with E-state index in [2.05, 4.69) is 22.0 Å². The van der Waals surface area contributed by atoms with Gasteiger partial charge in [-0.2, -0.15) is 0 Å². The van der Waals surface area contributed by atoms with E-state index in [1.165, 1.54) is 36.0 Å². The first-order valence-corrected chi connectivity index (χ1v) is 10.9. The zero-order valence-corrected chi connectivity index (χ0v) is 17.4. The molecule has 3 aromatic rings. The second-order valence-electron chi connectivity index (χ2n) is 7.08. The van der Waals surface area contributed by atoms with Crippen LogP contribution in [0.15, 0.2) is 59.8 Å². The number of thioether (sulfide) groups is 1. The zero-order valence-electron chi connectivity index (χ0n) is 16.6. The number of carbonyl (C=O) groups is 1. The van der Waals surface area contributed by atoms with Gasteiger partial charge in [-0.3, -0.25) is 9.36 Å². The SMILES string of the molecule is COc1ccc(CNC(=O)CSc2nc3c(n2-c2ccccc2)CCCC3)cc1. The highest BCUT2D eigenvalue weighted by Gasteiger charge is 2.21. The molecule has 0 saturated heterocycles. The van der Waals surface area contributed by atoms with E-state index in [-0.39, 0.29) is 5.91 Å². The Morgan fingerprint density at radius 2 is 1.86 bits per heavy atom. The summed E-state index contributed by atoms with van der Waals surface area (Å²) in [5.41, 5.74) is 4.64. The average Bonchev–Trinajstić information content (AvgIpc) is 3.15. The van der Waals surface area contributed by atoms with Crippen LogP contribution in [0.5, 0.6) is 5.75 Å². The Labute approximate surface area is 175 Å². The molecule has 1 heterocycles. The number of aromatic nitrogens is 2. The monoisotopic (exact) mass is 407 g/mol. The van der Waals surface area contributed by atoms with Crippen molar-refractivity contribution in [3.8, 4) is 11.4 Å². The van der Waals surface area contributed by atoms with Crippen molar-refractivity contribution in [2.24, 2.45) is 0 Å². The molecule has 5 nitrogen and oxygen atoms in total. The number of hydrogen-bond donors (Lipinski definition) is 1. The number of nitrogens with zero attached hydrogens (tertiary/aromatic N) is 2. The lowest BCUT2D eigenvalue weighted by atomic mass is 10.0. The molecule has 0 unspecified atom stereocenters. The van der Waals surface area contributed by atoms with E-state index >= 15 is 0 Å². The number of methoxy groups -OCH3 is 1. The fourth-order valence-electron chi connectivity index (χ4n) is 3.58. The third-order valence-electron chi connectivity index (χ3n) is 5.10. The summed E-state index contributed by atoms with van der Waals surface area (Å²) in [6.45, 7) is 0.507. The van der Waals surface area contributed by atoms with Gasteiger partial charge < -0.3 is 10.1 Å². The van der Waals surface area contributed by atoms with E-state index in [4.69, 9.17) is 9.72 Å². The Morgan fingerprint density at radius 3 is 2.62 bits per heavy atom. The molecule has 0 radical (unpaired) electrons. The summed E-state index contributed by atoms with van der Waals surface area (Å²) in [4.78, 5) is 17.3. The van der Waals surface area contributed by atoms with Gasteiger partial charge in [-0.25, -0.2) is 4.98 Å². The fourth-order valence-corrected chi connectivity index (χ4v) is 4.46. The van der Waals surface area contributed by atoms with E-state index < -0.39 is 0 Å². The van der Waals surface area contributed by atoms with Crippen molar-refractivity contribution >= 4 is 17.7 Å². The minimum atomic E-state index is 0.00593. The molecule has 6 heteroatoms. The van der Waals surface area contributed by atoms with Crippen molar-refractivity contribution in [1.29, 1.82) is 0 Å². The smallest absolute Gasteiger partial charge is 0.230 e. The molecular formula is C23H25N3O2S. The molecule has 0 aliphatic heterocycles. The molecule has 1 aliphatic carbocycles. The number of amides is 1.